The van der Waals surface area contributed by atoms with Crippen molar-refractivity contribution < 1.29 is 9.90 Å². The molecule has 5 nitrogen and oxygen atoms in total. The van der Waals surface area contributed by atoms with Crippen LogP contribution in [0.1, 0.15) is 44.6 Å². The van der Waals surface area contributed by atoms with E-state index in [0.717, 1.165) is 36.7 Å². The molecule has 0 aliphatic carbocycles. The molecular weight excluding hydrogens is 254 g/mol. The molecule has 1 unspecified atom stereocenters. The highest BCUT2D eigenvalue weighted by atomic mass is 16.4. The maximum absolute atomic E-state index is 10.7. The van der Waals surface area contributed by atoms with Gasteiger partial charge < -0.3 is 10.4 Å². The first-order valence-electron chi connectivity index (χ1n) is 7.16. The number of carboxylic acids is 1. The van der Waals surface area contributed by atoms with Crippen molar-refractivity contribution in [3.63, 3.8) is 0 Å². The molecule has 0 bridgehead atoms. The Kier molecular flexibility index (Phi) is 6.42. The molecule has 1 heterocycles. The molecule has 0 radical (unpaired) electrons. The summed E-state index contributed by atoms with van der Waals surface area (Å²) in [5.41, 5.74) is 0.950. The fraction of sp³-hybridized carbons (Fsp3) is 0.667. The van der Waals surface area contributed by atoms with E-state index in [1.807, 2.05) is 19.9 Å². The van der Waals surface area contributed by atoms with Crippen LogP contribution in [0, 0.1) is 25.7 Å². The monoisotopic (exact) mass is 279 g/mol. The number of hydrogen-bond donors (Lipinski definition) is 2. The molecule has 1 rings (SSSR count). The maximum atomic E-state index is 10.7. The van der Waals surface area contributed by atoms with Gasteiger partial charge >= 0.3 is 5.97 Å². The van der Waals surface area contributed by atoms with Crippen molar-refractivity contribution in [3.8, 4) is 0 Å². The van der Waals surface area contributed by atoms with Gasteiger partial charge in [0.15, 0.2) is 0 Å². The smallest absolute Gasteiger partial charge is 0.303 e. The average molecular weight is 279 g/mol. The van der Waals surface area contributed by atoms with Gasteiger partial charge in [-0.25, -0.2) is 9.97 Å². The van der Waals surface area contributed by atoms with Crippen molar-refractivity contribution in [2.45, 2.75) is 47.0 Å². The number of rotatable bonds is 8. The number of aliphatic carboxylic acids is 1. The maximum Gasteiger partial charge on any atom is 0.303 e. The second-order valence-corrected chi connectivity index (χ2v) is 5.59. The Labute approximate surface area is 120 Å². The van der Waals surface area contributed by atoms with Crippen molar-refractivity contribution in [2.24, 2.45) is 11.8 Å². The van der Waals surface area contributed by atoms with Gasteiger partial charge in [0, 0.05) is 24.7 Å². The molecule has 0 saturated carbocycles. The van der Waals surface area contributed by atoms with E-state index in [4.69, 9.17) is 5.11 Å². The van der Waals surface area contributed by atoms with E-state index in [9.17, 15) is 4.79 Å². The second-order valence-electron chi connectivity index (χ2n) is 5.59. The topological polar surface area (TPSA) is 75.1 Å². The highest BCUT2D eigenvalue weighted by Gasteiger charge is 2.14. The third kappa shape index (κ3) is 5.99. The summed E-state index contributed by atoms with van der Waals surface area (Å²) in [6, 6.07) is 1.93. The van der Waals surface area contributed by atoms with Gasteiger partial charge in [-0.2, -0.15) is 0 Å². The molecule has 0 fully saturated rings. The normalized spacial score (nSPS) is 12.4. The van der Waals surface area contributed by atoms with E-state index in [2.05, 4.69) is 29.1 Å². The summed E-state index contributed by atoms with van der Waals surface area (Å²) in [6.45, 7) is 8.92. The number of hydrogen-bond acceptors (Lipinski definition) is 4. The Morgan fingerprint density at radius 1 is 1.30 bits per heavy atom. The number of anilines is 1. The molecule has 0 aliphatic heterocycles. The number of nitrogens with one attached hydrogen (secondary N) is 1. The molecule has 0 aliphatic rings. The standard InChI is InChI=1S/C15H25N3O2/c1-10(2)13(5-6-15(19)20)7-8-16-14-9-11(3)17-12(4)18-14/h9-10,13H,5-8H2,1-4H3,(H,19,20)(H,16,17,18). The van der Waals surface area contributed by atoms with Crippen LogP contribution in [0.3, 0.4) is 0 Å². The number of carboxylic acid groups (broad SMARTS) is 1. The van der Waals surface area contributed by atoms with Gasteiger partial charge in [0.2, 0.25) is 0 Å². The van der Waals surface area contributed by atoms with Crippen LogP contribution in [-0.2, 0) is 4.79 Å². The zero-order valence-electron chi connectivity index (χ0n) is 12.8. The van der Waals surface area contributed by atoms with Crippen LogP contribution in [0.5, 0.6) is 0 Å². The molecule has 2 N–H and O–H groups in total. The van der Waals surface area contributed by atoms with Crippen LogP contribution in [0.15, 0.2) is 6.07 Å². The Bertz CT molecular complexity index is 426. The predicted octanol–water partition coefficient (Wildman–Crippen LogP) is 3.03. The molecule has 112 valence electrons. The highest BCUT2D eigenvalue weighted by Crippen LogP contribution is 2.21. The van der Waals surface area contributed by atoms with Crippen LogP contribution in [0.2, 0.25) is 0 Å². The fourth-order valence-electron chi connectivity index (χ4n) is 2.31. The highest BCUT2D eigenvalue weighted by molar-refractivity contribution is 5.66. The van der Waals surface area contributed by atoms with E-state index >= 15 is 0 Å². The zero-order valence-corrected chi connectivity index (χ0v) is 12.8. The summed E-state index contributed by atoms with van der Waals surface area (Å²) in [4.78, 5) is 19.2. The van der Waals surface area contributed by atoms with Gasteiger partial charge in [-0.05, 0) is 38.5 Å². The number of nitrogens with zero attached hydrogens (tertiary/aromatic N) is 2. The molecule has 5 heteroatoms. The lowest BCUT2D eigenvalue weighted by Crippen LogP contribution is -2.16. The first-order valence-corrected chi connectivity index (χ1v) is 7.16. The van der Waals surface area contributed by atoms with Gasteiger partial charge in [-0.15, -0.1) is 0 Å². The minimum absolute atomic E-state index is 0.245. The molecule has 1 aromatic heterocycles. The van der Waals surface area contributed by atoms with Crippen molar-refractivity contribution in [1.82, 2.24) is 9.97 Å². The van der Waals surface area contributed by atoms with Gasteiger partial charge in [0.05, 0.1) is 0 Å². The van der Waals surface area contributed by atoms with Crippen LogP contribution in [0.25, 0.3) is 0 Å². The molecule has 0 amide bonds. The molecule has 1 aromatic rings. The van der Waals surface area contributed by atoms with Gasteiger partial charge in [0.1, 0.15) is 11.6 Å². The minimum Gasteiger partial charge on any atom is -0.481 e. The van der Waals surface area contributed by atoms with E-state index in [1.165, 1.54) is 0 Å². The van der Waals surface area contributed by atoms with Crippen LogP contribution in [-0.4, -0.2) is 27.6 Å². The van der Waals surface area contributed by atoms with Crippen molar-refractivity contribution >= 4 is 11.8 Å². The van der Waals surface area contributed by atoms with Gasteiger partial charge in [0.25, 0.3) is 0 Å². The molecule has 0 spiro atoms. The number of carbonyl (C=O) groups is 1. The Balaban J connectivity index is 2.45. The van der Waals surface area contributed by atoms with Gasteiger partial charge in [-0.1, -0.05) is 13.8 Å². The summed E-state index contributed by atoms with van der Waals surface area (Å²) in [5.74, 6) is 1.80. The average Bonchev–Trinajstić information content (AvgIpc) is 2.31. The molecule has 0 saturated heterocycles. The van der Waals surface area contributed by atoms with Crippen molar-refractivity contribution in [3.05, 3.63) is 17.6 Å². The molecule has 20 heavy (non-hydrogen) atoms. The van der Waals surface area contributed by atoms with E-state index in [0.29, 0.717) is 11.8 Å². The summed E-state index contributed by atoms with van der Waals surface area (Å²) in [6.07, 6.45) is 1.93. The SMILES string of the molecule is Cc1cc(NCCC(CCC(=O)O)C(C)C)nc(C)n1. The van der Waals surface area contributed by atoms with E-state index < -0.39 is 5.97 Å². The van der Waals surface area contributed by atoms with Crippen LogP contribution >= 0.6 is 0 Å². The first kappa shape index (κ1) is 16.4. The third-order valence-electron chi connectivity index (χ3n) is 3.46. The van der Waals surface area contributed by atoms with E-state index in [-0.39, 0.29) is 6.42 Å². The fourth-order valence-corrected chi connectivity index (χ4v) is 2.31. The quantitative estimate of drug-likeness (QED) is 0.765. The largest absolute Gasteiger partial charge is 0.481 e. The molecular formula is C15H25N3O2. The summed E-state index contributed by atoms with van der Waals surface area (Å²) >= 11 is 0. The first-order chi connectivity index (χ1) is 9.38. The third-order valence-corrected chi connectivity index (χ3v) is 3.46. The lowest BCUT2D eigenvalue weighted by molar-refractivity contribution is -0.137. The van der Waals surface area contributed by atoms with Crippen LogP contribution < -0.4 is 5.32 Å². The Hall–Kier alpha value is -1.65. The Morgan fingerprint density at radius 2 is 2.00 bits per heavy atom. The second kappa shape index (κ2) is 7.82. The molecule has 0 aromatic carbocycles. The number of aromatic nitrogens is 2. The van der Waals surface area contributed by atoms with Crippen LogP contribution in [0.4, 0.5) is 5.82 Å². The molecule has 1 atom stereocenters. The minimum atomic E-state index is -0.717. The zero-order chi connectivity index (χ0) is 15.1. The lowest BCUT2D eigenvalue weighted by atomic mass is 9.88. The van der Waals surface area contributed by atoms with E-state index in [1.54, 1.807) is 0 Å². The lowest BCUT2D eigenvalue weighted by Gasteiger charge is -2.20. The van der Waals surface area contributed by atoms with Crippen molar-refractivity contribution in [2.75, 3.05) is 11.9 Å². The number of aryl methyl sites for hydroxylation is 2. The van der Waals surface area contributed by atoms with Crippen molar-refractivity contribution in [1.29, 1.82) is 0 Å². The summed E-state index contributed by atoms with van der Waals surface area (Å²) in [5, 5.41) is 12.1. The predicted molar refractivity (Wildman–Crippen MR) is 79.8 cm³/mol. The summed E-state index contributed by atoms with van der Waals surface area (Å²) in [7, 11) is 0. The van der Waals surface area contributed by atoms with Gasteiger partial charge in [-0.3, -0.25) is 4.79 Å². The summed E-state index contributed by atoms with van der Waals surface area (Å²) < 4.78 is 0. The Morgan fingerprint density at radius 3 is 2.55 bits per heavy atom.